The van der Waals surface area contributed by atoms with Crippen LogP contribution in [0.25, 0.3) is 11.3 Å². The Morgan fingerprint density at radius 3 is 2.94 bits per heavy atom. The summed E-state index contributed by atoms with van der Waals surface area (Å²) in [4.78, 5) is 0. The molecule has 0 bridgehead atoms. The number of hydrogen-bond acceptors (Lipinski definition) is 1. The summed E-state index contributed by atoms with van der Waals surface area (Å²) >= 11 is 0. The van der Waals surface area contributed by atoms with Crippen molar-refractivity contribution in [3.05, 3.63) is 47.4 Å². The van der Waals surface area contributed by atoms with Crippen LogP contribution >= 0.6 is 0 Å². The lowest BCUT2D eigenvalue weighted by Crippen LogP contribution is -2.11. The first-order valence-corrected chi connectivity index (χ1v) is 5.80. The molecule has 0 radical (unpaired) electrons. The largest absolute Gasteiger partial charge is 0.392 e. The summed E-state index contributed by atoms with van der Waals surface area (Å²) in [6, 6.07) is 6.98. The van der Waals surface area contributed by atoms with Crippen LogP contribution in [0.2, 0.25) is 0 Å². The number of nitrogens with zero attached hydrogens (tertiary/aromatic N) is 1. The van der Waals surface area contributed by atoms with Crippen LogP contribution in [-0.4, -0.2) is 15.8 Å². The lowest BCUT2D eigenvalue weighted by atomic mass is 10.1. The van der Waals surface area contributed by atoms with Gasteiger partial charge in [0, 0.05) is 24.7 Å². The highest BCUT2D eigenvalue weighted by Gasteiger charge is 2.22. The molecule has 0 fully saturated rings. The molecule has 88 valence electrons. The number of aliphatic hydroxyl groups is 1. The topological polar surface area (TPSA) is 25.2 Å². The van der Waals surface area contributed by atoms with E-state index < -0.39 is 6.10 Å². The van der Waals surface area contributed by atoms with Gasteiger partial charge in [0.05, 0.1) is 11.8 Å². The molecule has 1 aliphatic carbocycles. The molecule has 1 N–H and O–H groups in total. The minimum Gasteiger partial charge on any atom is -0.392 e. The molecule has 0 saturated heterocycles. The molecule has 0 spiro atoms. The van der Waals surface area contributed by atoms with Crippen molar-refractivity contribution in [2.45, 2.75) is 26.0 Å². The van der Waals surface area contributed by atoms with Crippen LogP contribution in [0, 0.1) is 5.82 Å². The van der Waals surface area contributed by atoms with E-state index in [1.54, 1.807) is 13.0 Å². The second-order valence-electron chi connectivity index (χ2n) is 4.67. The summed E-state index contributed by atoms with van der Waals surface area (Å²) in [5.74, 6) is -0.207. The molecule has 0 unspecified atom stereocenters. The van der Waals surface area contributed by atoms with E-state index in [4.69, 9.17) is 0 Å². The number of benzene rings is 1. The summed E-state index contributed by atoms with van der Waals surface area (Å²) in [5.41, 5.74) is 4.40. The van der Waals surface area contributed by atoms with E-state index >= 15 is 0 Å². The van der Waals surface area contributed by atoms with Crippen LogP contribution in [0.3, 0.4) is 0 Å². The van der Waals surface area contributed by atoms with Gasteiger partial charge < -0.3 is 9.67 Å². The van der Waals surface area contributed by atoms with Crippen molar-refractivity contribution in [1.82, 2.24) is 4.57 Å². The number of rotatable bonds is 2. The molecule has 0 amide bonds. The van der Waals surface area contributed by atoms with Gasteiger partial charge in [0.1, 0.15) is 5.82 Å². The molecule has 1 atom stereocenters. The van der Waals surface area contributed by atoms with Gasteiger partial charge in [0.25, 0.3) is 0 Å². The summed E-state index contributed by atoms with van der Waals surface area (Å²) in [6.45, 7) is 2.30. The minimum absolute atomic E-state index is 0.207. The quantitative estimate of drug-likeness (QED) is 0.720. The highest BCUT2D eigenvalue weighted by molar-refractivity contribution is 5.74. The third-order valence-corrected chi connectivity index (χ3v) is 3.22. The highest BCUT2D eigenvalue weighted by Crippen LogP contribution is 2.37. The zero-order chi connectivity index (χ0) is 12.0. The van der Waals surface area contributed by atoms with Gasteiger partial charge in [0.2, 0.25) is 0 Å². The molecule has 3 heteroatoms. The van der Waals surface area contributed by atoms with Crippen LogP contribution < -0.4 is 0 Å². The first-order chi connectivity index (χ1) is 8.15. The van der Waals surface area contributed by atoms with E-state index in [9.17, 15) is 9.50 Å². The summed E-state index contributed by atoms with van der Waals surface area (Å²) in [5, 5.41) is 9.46. The molecule has 3 rings (SSSR count). The van der Waals surface area contributed by atoms with Crippen molar-refractivity contribution in [2.75, 3.05) is 0 Å². The fourth-order valence-corrected chi connectivity index (χ4v) is 2.55. The van der Waals surface area contributed by atoms with Gasteiger partial charge in [-0.25, -0.2) is 4.39 Å². The third kappa shape index (κ3) is 1.67. The average molecular weight is 231 g/mol. The monoisotopic (exact) mass is 231 g/mol. The number of hydrogen-bond donors (Lipinski definition) is 1. The van der Waals surface area contributed by atoms with Gasteiger partial charge in [-0.1, -0.05) is 6.07 Å². The SMILES string of the molecule is C[C@@H](O)Cn1ccc2c1-c1cc(F)ccc1C2. The van der Waals surface area contributed by atoms with E-state index in [0.717, 1.165) is 23.2 Å². The molecular formula is C14H14FNO. The van der Waals surface area contributed by atoms with E-state index in [-0.39, 0.29) is 5.82 Å². The Balaban J connectivity index is 2.12. The first-order valence-electron chi connectivity index (χ1n) is 5.80. The summed E-state index contributed by atoms with van der Waals surface area (Å²) in [6.07, 6.45) is 2.42. The zero-order valence-corrected chi connectivity index (χ0v) is 9.65. The van der Waals surface area contributed by atoms with Gasteiger partial charge in [0.15, 0.2) is 0 Å². The maximum Gasteiger partial charge on any atom is 0.123 e. The molecule has 1 aromatic carbocycles. The third-order valence-electron chi connectivity index (χ3n) is 3.22. The Morgan fingerprint density at radius 1 is 1.35 bits per heavy atom. The molecule has 1 aliphatic rings. The minimum atomic E-state index is -0.399. The van der Waals surface area contributed by atoms with Crippen LogP contribution in [-0.2, 0) is 13.0 Å². The Kier molecular flexibility index (Phi) is 2.30. The summed E-state index contributed by atoms with van der Waals surface area (Å²) < 4.78 is 15.3. The first kappa shape index (κ1) is 10.5. The molecular weight excluding hydrogens is 217 g/mol. The number of aromatic nitrogens is 1. The van der Waals surface area contributed by atoms with Crippen molar-refractivity contribution in [3.8, 4) is 11.3 Å². The molecule has 1 heterocycles. The molecule has 0 aliphatic heterocycles. The van der Waals surface area contributed by atoms with E-state index in [1.807, 2.05) is 16.8 Å². The van der Waals surface area contributed by atoms with Crippen molar-refractivity contribution in [3.63, 3.8) is 0 Å². The van der Waals surface area contributed by atoms with Crippen LogP contribution in [0.1, 0.15) is 18.1 Å². The molecule has 2 nitrogen and oxygen atoms in total. The van der Waals surface area contributed by atoms with Gasteiger partial charge >= 0.3 is 0 Å². The van der Waals surface area contributed by atoms with Crippen LogP contribution in [0.15, 0.2) is 30.5 Å². The molecule has 0 saturated carbocycles. The lowest BCUT2D eigenvalue weighted by Gasteiger charge is -2.11. The number of fused-ring (bicyclic) bond motifs is 3. The van der Waals surface area contributed by atoms with Crippen molar-refractivity contribution in [2.24, 2.45) is 0 Å². The predicted molar refractivity (Wildman–Crippen MR) is 64.3 cm³/mol. The Morgan fingerprint density at radius 2 is 2.18 bits per heavy atom. The number of aliphatic hydroxyl groups excluding tert-OH is 1. The van der Waals surface area contributed by atoms with Crippen LogP contribution in [0.5, 0.6) is 0 Å². The standard InChI is InChI=1S/C14H14FNO/c1-9(17)8-16-5-4-11-6-10-2-3-12(15)7-13(10)14(11)16/h2-5,7,9,17H,6,8H2,1H3/t9-/m1/s1. The van der Waals surface area contributed by atoms with Crippen molar-refractivity contribution < 1.29 is 9.50 Å². The predicted octanol–water partition coefficient (Wildman–Crippen LogP) is 2.58. The van der Waals surface area contributed by atoms with Crippen LogP contribution in [0.4, 0.5) is 4.39 Å². The molecule has 17 heavy (non-hydrogen) atoms. The van der Waals surface area contributed by atoms with Gasteiger partial charge in [-0.15, -0.1) is 0 Å². The maximum absolute atomic E-state index is 13.3. The summed E-state index contributed by atoms with van der Waals surface area (Å²) in [7, 11) is 0. The van der Waals surface area contributed by atoms with Crippen molar-refractivity contribution >= 4 is 0 Å². The Bertz CT molecular complexity index is 572. The second-order valence-corrected chi connectivity index (χ2v) is 4.67. The van der Waals surface area contributed by atoms with E-state index in [1.165, 1.54) is 11.6 Å². The fraction of sp³-hybridized carbons (Fsp3) is 0.286. The average Bonchev–Trinajstić information content (AvgIpc) is 2.78. The normalized spacial score (nSPS) is 14.5. The Hall–Kier alpha value is -1.61. The lowest BCUT2D eigenvalue weighted by molar-refractivity contribution is 0.174. The maximum atomic E-state index is 13.3. The van der Waals surface area contributed by atoms with E-state index in [0.29, 0.717) is 6.54 Å². The van der Waals surface area contributed by atoms with Gasteiger partial charge in [-0.3, -0.25) is 0 Å². The smallest absolute Gasteiger partial charge is 0.123 e. The molecule has 2 aromatic rings. The Labute approximate surface area is 99.3 Å². The fourth-order valence-electron chi connectivity index (χ4n) is 2.55. The zero-order valence-electron chi connectivity index (χ0n) is 9.65. The highest BCUT2D eigenvalue weighted by atomic mass is 19.1. The van der Waals surface area contributed by atoms with Crippen molar-refractivity contribution in [1.29, 1.82) is 0 Å². The van der Waals surface area contributed by atoms with E-state index in [2.05, 4.69) is 6.07 Å². The van der Waals surface area contributed by atoms with Gasteiger partial charge in [-0.2, -0.15) is 0 Å². The molecule has 1 aromatic heterocycles. The second kappa shape index (κ2) is 3.70. The number of halogens is 1. The van der Waals surface area contributed by atoms with Gasteiger partial charge in [-0.05, 0) is 36.2 Å².